The molecule has 1 aliphatic rings. The van der Waals surface area contributed by atoms with Crippen LogP contribution in [0, 0.1) is 0 Å². The Morgan fingerprint density at radius 3 is 2.39 bits per heavy atom. The highest BCUT2D eigenvalue weighted by atomic mass is 32.2. The second-order valence-corrected chi connectivity index (χ2v) is 9.69. The number of hydrogen-bond acceptors (Lipinski definition) is 10. The zero-order valence-corrected chi connectivity index (χ0v) is 20.9. The smallest absolute Gasteiger partial charge is 0.316 e. The Kier molecular flexibility index (Phi) is 9.30. The van der Waals surface area contributed by atoms with E-state index in [1.165, 1.54) is 30.9 Å². The molecular weight excluding hydrogens is 464 g/mol. The predicted octanol–water partition coefficient (Wildman–Crippen LogP) is 2.90. The van der Waals surface area contributed by atoms with E-state index in [4.69, 9.17) is 9.72 Å². The number of thioether (sulfide) groups is 1. The van der Waals surface area contributed by atoms with Gasteiger partial charge in [-0.15, -0.1) is 11.3 Å². The van der Waals surface area contributed by atoms with E-state index in [1.807, 2.05) is 4.90 Å². The van der Waals surface area contributed by atoms with E-state index in [2.05, 4.69) is 27.6 Å². The van der Waals surface area contributed by atoms with Crippen LogP contribution >= 0.6 is 23.1 Å². The Hall–Kier alpha value is -2.40. The van der Waals surface area contributed by atoms with E-state index in [1.54, 1.807) is 11.3 Å². The average molecular weight is 495 g/mol. The molecule has 0 unspecified atom stereocenters. The number of carbonyl (C=O) groups is 3. The molecule has 0 bridgehead atoms. The summed E-state index contributed by atoms with van der Waals surface area (Å²) in [4.78, 5) is 51.0. The molecule has 3 rings (SSSR count). The number of anilines is 1. The molecule has 0 aliphatic carbocycles. The van der Waals surface area contributed by atoms with Crippen molar-refractivity contribution in [3.63, 3.8) is 0 Å². The third-order valence-corrected chi connectivity index (χ3v) is 7.47. The molecule has 11 heteroatoms. The largest absolute Gasteiger partial charge is 0.469 e. The van der Waals surface area contributed by atoms with Crippen LogP contribution in [0.2, 0.25) is 0 Å². The van der Waals surface area contributed by atoms with Gasteiger partial charge in [0.25, 0.3) is 0 Å². The lowest BCUT2D eigenvalue weighted by Crippen LogP contribution is -2.49. The maximum Gasteiger partial charge on any atom is 0.316 e. The molecule has 0 spiro atoms. The van der Waals surface area contributed by atoms with Crippen LogP contribution in [0.5, 0.6) is 0 Å². The number of piperazine rings is 1. The Bertz CT molecular complexity index is 989. The standard InChI is InChI=1S/C22H30N4O5S2/c1-4-15-13-16-20(23-22(24-21(16)33-15)32-14-19(29)31-3)26-11-9-25(10-12-26)17(27)7-5-6-8-18(28)30-2/h13H,4-12,14H2,1-3H3. The van der Waals surface area contributed by atoms with Gasteiger partial charge in [-0.05, 0) is 25.3 Å². The quantitative estimate of drug-likeness (QED) is 0.213. The maximum atomic E-state index is 12.6. The minimum Gasteiger partial charge on any atom is -0.469 e. The first kappa shape index (κ1) is 25.2. The summed E-state index contributed by atoms with van der Waals surface area (Å²) in [5.41, 5.74) is 0. The summed E-state index contributed by atoms with van der Waals surface area (Å²) < 4.78 is 9.36. The van der Waals surface area contributed by atoms with Gasteiger partial charge in [0.2, 0.25) is 5.91 Å². The molecule has 3 heterocycles. The number of ether oxygens (including phenoxy) is 2. The van der Waals surface area contributed by atoms with E-state index < -0.39 is 0 Å². The molecule has 0 saturated carbocycles. The molecule has 2 aromatic heterocycles. The van der Waals surface area contributed by atoms with Crippen molar-refractivity contribution >= 4 is 57.0 Å². The number of fused-ring (bicyclic) bond motifs is 1. The van der Waals surface area contributed by atoms with Crippen molar-refractivity contribution in [1.82, 2.24) is 14.9 Å². The number of amides is 1. The van der Waals surface area contributed by atoms with Crippen molar-refractivity contribution in [1.29, 1.82) is 0 Å². The molecule has 1 amide bonds. The van der Waals surface area contributed by atoms with Crippen molar-refractivity contribution in [2.24, 2.45) is 0 Å². The van der Waals surface area contributed by atoms with Gasteiger partial charge in [-0.2, -0.15) is 0 Å². The second kappa shape index (κ2) is 12.2. The number of aryl methyl sites for hydroxylation is 1. The highest BCUT2D eigenvalue weighted by Gasteiger charge is 2.24. The molecular formula is C22H30N4O5S2. The topological polar surface area (TPSA) is 102 Å². The van der Waals surface area contributed by atoms with Gasteiger partial charge in [-0.1, -0.05) is 18.7 Å². The fraction of sp³-hybridized carbons (Fsp3) is 0.591. The monoisotopic (exact) mass is 494 g/mol. The SMILES string of the molecule is CCc1cc2c(N3CCN(C(=O)CCCCC(=O)OC)CC3)nc(SCC(=O)OC)nc2s1. The minimum absolute atomic E-state index is 0.116. The van der Waals surface area contributed by atoms with Crippen molar-refractivity contribution in [2.45, 2.75) is 44.2 Å². The maximum absolute atomic E-state index is 12.6. The summed E-state index contributed by atoms with van der Waals surface area (Å²) in [6.45, 7) is 4.71. The number of carbonyl (C=O) groups excluding carboxylic acids is 3. The molecule has 0 N–H and O–H groups in total. The van der Waals surface area contributed by atoms with Crippen molar-refractivity contribution in [2.75, 3.05) is 51.1 Å². The van der Waals surface area contributed by atoms with Gasteiger partial charge < -0.3 is 19.3 Å². The highest BCUT2D eigenvalue weighted by molar-refractivity contribution is 7.99. The predicted molar refractivity (Wildman–Crippen MR) is 129 cm³/mol. The Morgan fingerprint density at radius 2 is 1.73 bits per heavy atom. The van der Waals surface area contributed by atoms with Crippen LogP contribution in [0.4, 0.5) is 5.82 Å². The van der Waals surface area contributed by atoms with Gasteiger partial charge in [0.15, 0.2) is 5.16 Å². The first-order chi connectivity index (χ1) is 15.9. The number of hydrogen-bond donors (Lipinski definition) is 0. The van der Waals surface area contributed by atoms with Crippen LogP contribution in [0.1, 0.15) is 37.5 Å². The molecule has 2 aromatic rings. The Balaban J connectivity index is 1.64. The second-order valence-electron chi connectivity index (χ2n) is 7.63. The lowest BCUT2D eigenvalue weighted by Gasteiger charge is -2.35. The molecule has 1 saturated heterocycles. The first-order valence-electron chi connectivity index (χ1n) is 11.0. The number of aromatic nitrogens is 2. The van der Waals surface area contributed by atoms with E-state index in [0.29, 0.717) is 57.0 Å². The summed E-state index contributed by atoms with van der Waals surface area (Å²) in [7, 11) is 2.74. The Labute approximate surface area is 201 Å². The van der Waals surface area contributed by atoms with Crippen LogP contribution in [-0.2, 0) is 30.3 Å². The average Bonchev–Trinajstić information content (AvgIpc) is 3.27. The first-order valence-corrected chi connectivity index (χ1v) is 12.8. The van der Waals surface area contributed by atoms with Gasteiger partial charge in [0.05, 0.1) is 25.4 Å². The zero-order chi connectivity index (χ0) is 23.8. The molecule has 33 heavy (non-hydrogen) atoms. The van der Waals surface area contributed by atoms with Crippen LogP contribution < -0.4 is 4.90 Å². The fourth-order valence-corrected chi connectivity index (χ4v) is 5.26. The van der Waals surface area contributed by atoms with Crippen LogP contribution in [-0.4, -0.2) is 78.9 Å². The normalized spacial score (nSPS) is 13.9. The van der Waals surface area contributed by atoms with E-state index in [0.717, 1.165) is 22.5 Å². The number of unbranched alkanes of at least 4 members (excludes halogenated alkanes) is 1. The lowest BCUT2D eigenvalue weighted by molar-refractivity contribution is -0.141. The van der Waals surface area contributed by atoms with Gasteiger partial charge in [-0.3, -0.25) is 14.4 Å². The minimum atomic E-state index is -0.315. The van der Waals surface area contributed by atoms with Crippen molar-refractivity contribution < 1.29 is 23.9 Å². The van der Waals surface area contributed by atoms with Gasteiger partial charge in [0.1, 0.15) is 10.6 Å². The van der Waals surface area contributed by atoms with Crippen LogP contribution in [0.3, 0.4) is 0 Å². The zero-order valence-electron chi connectivity index (χ0n) is 19.3. The van der Waals surface area contributed by atoms with Crippen molar-refractivity contribution in [3.05, 3.63) is 10.9 Å². The molecule has 1 fully saturated rings. The van der Waals surface area contributed by atoms with Gasteiger partial charge >= 0.3 is 11.9 Å². The van der Waals surface area contributed by atoms with Gasteiger partial charge in [-0.25, -0.2) is 9.97 Å². The summed E-state index contributed by atoms with van der Waals surface area (Å²) in [6, 6.07) is 2.14. The Morgan fingerprint density at radius 1 is 1.03 bits per heavy atom. The van der Waals surface area contributed by atoms with Gasteiger partial charge in [0, 0.05) is 43.9 Å². The molecule has 0 atom stereocenters. The fourth-order valence-electron chi connectivity index (χ4n) is 3.57. The third-order valence-electron chi connectivity index (χ3n) is 5.48. The van der Waals surface area contributed by atoms with E-state index in [-0.39, 0.29) is 23.6 Å². The summed E-state index contributed by atoms with van der Waals surface area (Å²) >= 11 is 2.91. The molecule has 0 aromatic carbocycles. The third kappa shape index (κ3) is 6.80. The summed E-state index contributed by atoms with van der Waals surface area (Å²) in [5, 5.41) is 1.57. The number of methoxy groups -OCH3 is 2. The number of rotatable bonds is 10. The number of thiophene rings is 1. The van der Waals surface area contributed by atoms with Crippen molar-refractivity contribution in [3.8, 4) is 0 Å². The van der Waals surface area contributed by atoms with Crippen LogP contribution in [0.25, 0.3) is 10.2 Å². The highest BCUT2D eigenvalue weighted by Crippen LogP contribution is 2.33. The molecule has 180 valence electrons. The lowest BCUT2D eigenvalue weighted by atomic mass is 10.1. The summed E-state index contributed by atoms with van der Waals surface area (Å²) in [6.07, 6.45) is 3.03. The number of esters is 2. The number of nitrogens with zero attached hydrogens (tertiary/aromatic N) is 4. The van der Waals surface area contributed by atoms with Crippen LogP contribution in [0.15, 0.2) is 11.2 Å². The molecule has 0 radical (unpaired) electrons. The van der Waals surface area contributed by atoms with E-state index in [9.17, 15) is 14.4 Å². The molecule has 1 aliphatic heterocycles. The van der Waals surface area contributed by atoms with E-state index >= 15 is 0 Å². The summed E-state index contributed by atoms with van der Waals surface area (Å²) in [5.74, 6) is 0.575. The molecule has 9 nitrogen and oxygen atoms in total.